The van der Waals surface area contributed by atoms with E-state index in [1.54, 1.807) is 17.0 Å². The van der Waals surface area contributed by atoms with Crippen LogP contribution in [0.4, 0.5) is 5.69 Å². The lowest BCUT2D eigenvalue weighted by Crippen LogP contribution is -2.36. The number of nitrogens with zero attached hydrogens (tertiary/aromatic N) is 1. The Morgan fingerprint density at radius 3 is 3.07 bits per heavy atom. The Labute approximate surface area is 96.8 Å². The van der Waals surface area contributed by atoms with Crippen LogP contribution in [0.2, 0.25) is 0 Å². The fraction of sp³-hybridized carbons (Fsp3) is 0.364. The van der Waals surface area contributed by atoms with E-state index < -0.39 is 0 Å². The summed E-state index contributed by atoms with van der Waals surface area (Å²) < 4.78 is 0. The number of alkyl halides is 1. The summed E-state index contributed by atoms with van der Waals surface area (Å²) in [6.45, 7) is 0.766. The average molecular weight is 270 g/mol. The number of amides is 1. The van der Waals surface area contributed by atoms with Gasteiger partial charge in [0.15, 0.2) is 0 Å². The van der Waals surface area contributed by atoms with E-state index in [0.29, 0.717) is 5.33 Å². The molecule has 1 aliphatic heterocycles. The number of aromatic hydroxyl groups is 1. The number of fused-ring (bicyclic) bond motifs is 1. The molecule has 0 radical (unpaired) electrons. The maximum atomic E-state index is 11.6. The number of phenols is 1. The number of hydrogen-bond acceptors (Lipinski definition) is 2. The fourth-order valence-electron chi connectivity index (χ4n) is 1.91. The number of carbonyl (C=O) groups excluding carboxylic acids is 1. The van der Waals surface area contributed by atoms with Crippen LogP contribution in [0.5, 0.6) is 5.75 Å². The molecule has 0 unspecified atom stereocenters. The van der Waals surface area contributed by atoms with Gasteiger partial charge >= 0.3 is 0 Å². The number of phenolic OH excluding ortho intramolecular Hbond substituents is 1. The van der Waals surface area contributed by atoms with Gasteiger partial charge in [0.1, 0.15) is 5.75 Å². The second-order valence-corrected chi connectivity index (χ2v) is 4.16. The van der Waals surface area contributed by atoms with Crippen molar-refractivity contribution in [1.29, 1.82) is 0 Å². The van der Waals surface area contributed by atoms with Crippen molar-refractivity contribution in [3.05, 3.63) is 23.8 Å². The number of benzene rings is 1. The van der Waals surface area contributed by atoms with Crippen LogP contribution in [0.3, 0.4) is 0 Å². The van der Waals surface area contributed by atoms with Gasteiger partial charge in [-0.15, -0.1) is 0 Å². The molecule has 1 aliphatic rings. The predicted molar refractivity (Wildman–Crippen MR) is 62.6 cm³/mol. The van der Waals surface area contributed by atoms with Gasteiger partial charge in [-0.2, -0.15) is 0 Å². The molecule has 0 saturated heterocycles. The number of aryl methyl sites for hydroxylation is 1. The highest BCUT2D eigenvalue weighted by molar-refractivity contribution is 9.09. The summed E-state index contributed by atoms with van der Waals surface area (Å²) in [6.07, 6.45) is 1.88. The molecule has 0 atom stereocenters. The Morgan fingerprint density at radius 1 is 1.53 bits per heavy atom. The first kappa shape index (κ1) is 10.5. The molecule has 15 heavy (non-hydrogen) atoms. The third-order valence-corrected chi connectivity index (χ3v) is 3.08. The molecule has 4 heteroatoms. The normalized spacial score (nSPS) is 14.9. The second-order valence-electron chi connectivity index (χ2n) is 3.60. The summed E-state index contributed by atoms with van der Waals surface area (Å²) in [4.78, 5) is 13.4. The molecule has 2 rings (SSSR count). The highest BCUT2D eigenvalue weighted by Crippen LogP contribution is 2.30. The summed E-state index contributed by atoms with van der Waals surface area (Å²) in [7, 11) is 0. The van der Waals surface area contributed by atoms with Gasteiger partial charge in [0, 0.05) is 12.2 Å². The van der Waals surface area contributed by atoms with Crippen molar-refractivity contribution in [2.45, 2.75) is 12.8 Å². The van der Waals surface area contributed by atoms with Gasteiger partial charge in [0.05, 0.1) is 5.33 Å². The predicted octanol–water partition coefficient (Wildman–Crippen LogP) is 2.07. The molecule has 0 aromatic heterocycles. The Kier molecular flexibility index (Phi) is 2.95. The van der Waals surface area contributed by atoms with E-state index in [2.05, 4.69) is 15.9 Å². The lowest BCUT2D eigenvalue weighted by molar-refractivity contribution is -0.116. The molecule has 0 spiro atoms. The zero-order valence-electron chi connectivity index (χ0n) is 8.24. The van der Waals surface area contributed by atoms with Gasteiger partial charge in [-0.3, -0.25) is 4.79 Å². The number of hydrogen-bond donors (Lipinski definition) is 1. The van der Waals surface area contributed by atoms with Gasteiger partial charge in [0.25, 0.3) is 0 Å². The SMILES string of the molecule is O=C(CBr)N1CCCc2cc(O)ccc21. The molecule has 0 aliphatic carbocycles. The monoisotopic (exact) mass is 269 g/mol. The van der Waals surface area contributed by atoms with Crippen molar-refractivity contribution < 1.29 is 9.90 Å². The molecule has 0 bridgehead atoms. The maximum absolute atomic E-state index is 11.6. The topological polar surface area (TPSA) is 40.5 Å². The van der Waals surface area contributed by atoms with Gasteiger partial charge in [0.2, 0.25) is 5.91 Å². The van der Waals surface area contributed by atoms with Crippen molar-refractivity contribution in [3.8, 4) is 5.75 Å². The van der Waals surface area contributed by atoms with Crippen molar-refractivity contribution in [2.75, 3.05) is 16.8 Å². The van der Waals surface area contributed by atoms with Crippen LogP contribution >= 0.6 is 15.9 Å². The maximum Gasteiger partial charge on any atom is 0.237 e. The van der Waals surface area contributed by atoms with Crippen LogP contribution in [-0.2, 0) is 11.2 Å². The Morgan fingerprint density at radius 2 is 2.33 bits per heavy atom. The van der Waals surface area contributed by atoms with Crippen LogP contribution in [0.25, 0.3) is 0 Å². The molecular weight excluding hydrogens is 258 g/mol. The summed E-state index contributed by atoms with van der Waals surface area (Å²) in [5.41, 5.74) is 1.99. The zero-order valence-corrected chi connectivity index (χ0v) is 9.83. The molecule has 80 valence electrons. The zero-order chi connectivity index (χ0) is 10.8. The smallest absolute Gasteiger partial charge is 0.237 e. The van der Waals surface area contributed by atoms with E-state index in [1.165, 1.54) is 0 Å². The minimum atomic E-state index is 0.0710. The first-order valence-corrected chi connectivity index (χ1v) is 6.03. The van der Waals surface area contributed by atoms with E-state index in [0.717, 1.165) is 30.6 Å². The molecule has 1 N–H and O–H groups in total. The van der Waals surface area contributed by atoms with Gasteiger partial charge in [-0.05, 0) is 36.6 Å². The molecule has 3 nitrogen and oxygen atoms in total. The molecule has 1 heterocycles. The quantitative estimate of drug-likeness (QED) is 0.793. The summed E-state index contributed by atoms with van der Waals surface area (Å²) in [5, 5.41) is 9.70. The Balaban J connectivity index is 2.38. The summed E-state index contributed by atoms with van der Waals surface area (Å²) in [5.74, 6) is 0.337. The van der Waals surface area contributed by atoms with E-state index in [-0.39, 0.29) is 11.7 Å². The summed E-state index contributed by atoms with van der Waals surface area (Å²) >= 11 is 3.18. The molecule has 1 amide bonds. The first-order valence-electron chi connectivity index (χ1n) is 4.90. The third kappa shape index (κ3) is 2.00. The Hall–Kier alpha value is -1.03. The van der Waals surface area contributed by atoms with E-state index in [9.17, 15) is 9.90 Å². The van der Waals surface area contributed by atoms with E-state index in [4.69, 9.17) is 0 Å². The number of anilines is 1. The molecule has 1 aromatic carbocycles. The van der Waals surface area contributed by atoms with Crippen molar-refractivity contribution in [1.82, 2.24) is 0 Å². The van der Waals surface area contributed by atoms with Crippen LogP contribution in [0.1, 0.15) is 12.0 Å². The van der Waals surface area contributed by atoms with Gasteiger partial charge < -0.3 is 10.0 Å². The Bertz CT molecular complexity index is 392. The van der Waals surface area contributed by atoms with Crippen molar-refractivity contribution >= 4 is 27.5 Å². The fourth-order valence-corrected chi connectivity index (χ4v) is 2.22. The first-order chi connectivity index (χ1) is 7.22. The highest BCUT2D eigenvalue weighted by Gasteiger charge is 2.21. The molecular formula is C11H12BrNO2. The summed E-state index contributed by atoms with van der Waals surface area (Å²) in [6, 6.07) is 5.17. The number of halogens is 1. The lowest BCUT2D eigenvalue weighted by Gasteiger charge is -2.29. The van der Waals surface area contributed by atoms with Crippen molar-refractivity contribution in [3.63, 3.8) is 0 Å². The van der Waals surface area contributed by atoms with Gasteiger partial charge in [-0.1, -0.05) is 15.9 Å². The van der Waals surface area contributed by atoms with E-state index >= 15 is 0 Å². The minimum Gasteiger partial charge on any atom is -0.508 e. The largest absolute Gasteiger partial charge is 0.508 e. The second kappa shape index (κ2) is 4.23. The third-order valence-electron chi connectivity index (χ3n) is 2.60. The molecule has 0 fully saturated rings. The lowest BCUT2D eigenvalue weighted by atomic mass is 10.0. The standard InChI is InChI=1S/C11H12BrNO2/c12-7-11(15)13-5-1-2-8-6-9(14)3-4-10(8)13/h3-4,6,14H,1-2,5,7H2. The van der Waals surface area contributed by atoms with Crippen molar-refractivity contribution in [2.24, 2.45) is 0 Å². The van der Waals surface area contributed by atoms with Crippen LogP contribution in [0.15, 0.2) is 18.2 Å². The van der Waals surface area contributed by atoms with Gasteiger partial charge in [-0.25, -0.2) is 0 Å². The highest BCUT2D eigenvalue weighted by atomic mass is 79.9. The average Bonchev–Trinajstić information content (AvgIpc) is 2.26. The molecule has 0 saturated carbocycles. The van der Waals surface area contributed by atoms with E-state index in [1.807, 2.05) is 6.07 Å². The molecule has 1 aromatic rings. The van der Waals surface area contributed by atoms with Crippen LogP contribution in [0, 0.1) is 0 Å². The minimum absolute atomic E-state index is 0.0710. The van der Waals surface area contributed by atoms with Crippen LogP contribution < -0.4 is 4.90 Å². The van der Waals surface area contributed by atoms with Crippen LogP contribution in [-0.4, -0.2) is 22.9 Å². The number of carbonyl (C=O) groups is 1. The number of rotatable bonds is 1.